The molecule has 1 aromatic heterocycles. The van der Waals surface area contributed by atoms with Gasteiger partial charge in [-0.2, -0.15) is 0 Å². The van der Waals surface area contributed by atoms with Crippen LogP contribution in [0.3, 0.4) is 0 Å². The number of hydrogen-bond acceptors (Lipinski definition) is 8. The first-order valence-electron chi connectivity index (χ1n) is 8.33. The summed E-state index contributed by atoms with van der Waals surface area (Å²) in [5, 5.41) is 45.3. The van der Waals surface area contributed by atoms with E-state index in [2.05, 4.69) is 15.6 Å². The molecule has 1 fully saturated rings. The van der Waals surface area contributed by atoms with Gasteiger partial charge in [-0.05, 0) is 6.42 Å². The van der Waals surface area contributed by atoms with Gasteiger partial charge >= 0.3 is 0 Å². The Bertz CT molecular complexity index is 638. The summed E-state index contributed by atoms with van der Waals surface area (Å²) >= 11 is 0. The van der Waals surface area contributed by atoms with Crippen LogP contribution in [0.1, 0.15) is 37.0 Å². The van der Waals surface area contributed by atoms with E-state index in [1.807, 2.05) is 13.8 Å². The highest BCUT2D eigenvalue weighted by molar-refractivity contribution is 5.99. The molecule has 7 atom stereocenters. The van der Waals surface area contributed by atoms with Crippen molar-refractivity contribution in [3.05, 3.63) is 12.0 Å². The van der Waals surface area contributed by atoms with Gasteiger partial charge in [0.15, 0.2) is 11.9 Å². The zero-order valence-corrected chi connectivity index (χ0v) is 14.0. The standard InChI is InChI=1S/C15H24N4O6/c1-3-7(21)6(2)12-17-13-9(14(24)18-12)16-5-19(13)15-11(23)10(22)8(4-20)25-15/h5-8,10-12,15,17,20-23H,3-4H2,1-2H3,(H,18,24)/t6?,7?,8-,10-,11-,12?,15-/m1/s1. The molecule has 25 heavy (non-hydrogen) atoms. The molecule has 10 nitrogen and oxygen atoms in total. The van der Waals surface area contributed by atoms with E-state index in [1.165, 1.54) is 10.9 Å². The quantitative estimate of drug-likeness (QED) is 0.369. The Morgan fingerprint density at radius 1 is 1.36 bits per heavy atom. The number of aliphatic hydroxyl groups is 4. The van der Waals surface area contributed by atoms with Crippen molar-refractivity contribution in [3.63, 3.8) is 0 Å². The van der Waals surface area contributed by atoms with Crippen molar-refractivity contribution >= 4 is 11.7 Å². The van der Waals surface area contributed by atoms with E-state index in [1.54, 1.807) is 0 Å². The maximum absolute atomic E-state index is 12.3. The van der Waals surface area contributed by atoms with Crippen molar-refractivity contribution in [3.8, 4) is 0 Å². The minimum atomic E-state index is -1.28. The summed E-state index contributed by atoms with van der Waals surface area (Å²) in [4.78, 5) is 16.3. The zero-order chi connectivity index (χ0) is 18.3. The number of hydrogen-bond donors (Lipinski definition) is 6. The SMILES string of the molecule is CCC(O)C(C)C1NC(=O)c2ncn([C@@H]3O[C@H](CO)[C@@H](O)[C@H]3O)c2N1. The van der Waals surface area contributed by atoms with Gasteiger partial charge in [0.25, 0.3) is 5.91 Å². The highest BCUT2D eigenvalue weighted by Gasteiger charge is 2.45. The Kier molecular flexibility index (Phi) is 4.98. The molecule has 1 aromatic rings. The fraction of sp³-hybridized carbons (Fsp3) is 0.733. The molecule has 3 rings (SSSR count). The molecule has 0 aromatic carbocycles. The number of rotatable bonds is 5. The second kappa shape index (κ2) is 6.89. The molecule has 1 amide bonds. The van der Waals surface area contributed by atoms with Gasteiger partial charge in [-0.25, -0.2) is 4.98 Å². The Labute approximate surface area is 144 Å². The van der Waals surface area contributed by atoms with Crippen LogP contribution in [-0.2, 0) is 4.74 Å². The lowest BCUT2D eigenvalue weighted by Gasteiger charge is -2.33. The third-order valence-electron chi connectivity index (χ3n) is 4.93. The van der Waals surface area contributed by atoms with Gasteiger partial charge in [0.1, 0.15) is 30.3 Å². The van der Waals surface area contributed by atoms with E-state index in [0.717, 1.165) is 0 Å². The summed E-state index contributed by atoms with van der Waals surface area (Å²) in [5.41, 5.74) is 0.132. The predicted octanol–water partition coefficient (Wildman–Crippen LogP) is -1.62. The summed E-state index contributed by atoms with van der Waals surface area (Å²) in [7, 11) is 0. The minimum absolute atomic E-state index is 0.132. The third kappa shape index (κ3) is 3.00. The molecule has 0 saturated carbocycles. The average Bonchev–Trinajstić information content (AvgIpc) is 3.15. The number of carbonyl (C=O) groups excluding carboxylic acids is 1. The first-order valence-corrected chi connectivity index (χ1v) is 8.33. The fourth-order valence-electron chi connectivity index (χ4n) is 3.22. The second-order valence-corrected chi connectivity index (χ2v) is 6.51. The number of aromatic nitrogens is 2. The minimum Gasteiger partial charge on any atom is -0.394 e. The number of nitrogens with zero attached hydrogens (tertiary/aromatic N) is 2. The first kappa shape index (κ1) is 18.1. The monoisotopic (exact) mass is 356 g/mol. The highest BCUT2D eigenvalue weighted by Crippen LogP contribution is 2.34. The van der Waals surface area contributed by atoms with Crippen molar-refractivity contribution in [2.24, 2.45) is 5.92 Å². The number of nitrogens with one attached hydrogen (secondary N) is 2. The van der Waals surface area contributed by atoms with Gasteiger partial charge in [-0.3, -0.25) is 9.36 Å². The van der Waals surface area contributed by atoms with E-state index in [0.29, 0.717) is 12.2 Å². The maximum Gasteiger partial charge on any atom is 0.275 e. The zero-order valence-electron chi connectivity index (χ0n) is 14.0. The van der Waals surface area contributed by atoms with Crippen molar-refractivity contribution in [1.29, 1.82) is 0 Å². The lowest BCUT2D eigenvalue weighted by molar-refractivity contribution is -0.0520. The molecule has 10 heteroatoms. The molecule has 3 unspecified atom stereocenters. The molecular formula is C15H24N4O6. The van der Waals surface area contributed by atoms with Crippen LogP contribution in [0.25, 0.3) is 0 Å². The lowest BCUT2D eigenvalue weighted by Crippen LogP contribution is -2.52. The summed E-state index contributed by atoms with van der Waals surface area (Å²) in [6.45, 7) is 3.22. The second-order valence-electron chi connectivity index (χ2n) is 6.51. The Balaban J connectivity index is 1.88. The number of amides is 1. The summed E-state index contributed by atoms with van der Waals surface area (Å²) < 4.78 is 6.92. The molecule has 2 aliphatic rings. The number of imidazole rings is 1. The van der Waals surface area contributed by atoms with Crippen LogP contribution in [0.4, 0.5) is 5.82 Å². The molecule has 0 bridgehead atoms. The molecule has 6 N–H and O–H groups in total. The van der Waals surface area contributed by atoms with Crippen LogP contribution in [0.5, 0.6) is 0 Å². The van der Waals surface area contributed by atoms with Gasteiger partial charge in [-0.1, -0.05) is 13.8 Å². The summed E-state index contributed by atoms with van der Waals surface area (Å²) in [5.74, 6) is -0.339. The number of aliphatic hydroxyl groups excluding tert-OH is 4. The molecule has 0 spiro atoms. The van der Waals surface area contributed by atoms with E-state index in [-0.39, 0.29) is 11.6 Å². The van der Waals surface area contributed by atoms with Crippen molar-refractivity contribution < 1.29 is 30.0 Å². The van der Waals surface area contributed by atoms with Crippen molar-refractivity contribution in [2.45, 2.75) is 57.1 Å². The van der Waals surface area contributed by atoms with E-state index >= 15 is 0 Å². The summed E-state index contributed by atoms with van der Waals surface area (Å²) in [6, 6.07) is 0. The average molecular weight is 356 g/mol. The molecule has 3 heterocycles. The van der Waals surface area contributed by atoms with Gasteiger partial charge < -0.3 is 35.8 Å². The molecule has 1 saturated heterocycles. The Morgan fingerprint density at radius 2 is 2.08 bits per heavy atom. The topological polar surface area (TPSA) is 149 Å². The third-order valence-corrected chi connectivity index (χ3v) is 4.93. The maximum atomic E-state index is 12.3. The number of carbonyl (C=O) groups is 1. The number of fused-ring (bicyclic) bond motifs is 1. The van der Waals surface area contributed by atoms with Gasteiger partial charge in [0.2, 0.25) is 0 Å². The van der Waals surface area contributed by atoms with Crippen LogP contribution in [0.2, 0.25) is 0 Å². The van der Waals surface area contributed by atoms with Crippen LogP contribution in [0.15, 0.2) is 6.33 Å². The van der Waals surface area contributed by atoms with Crippen LogP contribution in [-0.4, -0.2) is 73.1 Å². The molecule has 0 aliphatic carbocycles. The van der Waals surface area contributed by atoms with E-state index in [9.17, 15) is 25.2 Å². The smallest absolute Gasteiger partial charge is 0.275 e. The normalized spacial score (nSPS) is 34.2. The highest BCUT2D eigenvalue weighted by atomic mass is 16.6. The largest absolute Gasteiger partial charge is 0.394 e. The number of ether oxygens (including phenoxy) is 1. The van der Waals surface area contributed by atoms with Crippen LogP contribution >= 0.6 is 0 Å². The molecular weight excluding hydrogens is 332 g/mol. The van der Waals surface area contributed by atoms with Crippen LogP contribution in [0, 0.1) is 5.92 Å². The van der Waals surface area contributed by atoms with E-state index < -0.39 is 49.3 Å². The lowest BCUT2D eigenvalue weighted by atomic mass is 9.98. The van der Waals surface area contributed by atoms with Gasteiger partial charge in [-0.15, -0.1) is 0 Å². The fourth-order valence-corrected chi connectivity index (χ4v) is 3.22. The molecule has 140 valence electrons. The van der Waals surface area contributed by atoms with Crippen molar-refractivity contribution in [2.75, 3.05) is 11.9 Å². The van der Waals surface area contributed by atoms with Crippen molar-refractivity contribution in [1.82, 2.24) is 14.9 Å². The van der Waals surface area contributed by atoms with Gasteiger partial charge in [0, 0.05) is 5.92 Å². The molecule has 0 radical (unpaired) electrons. The van der Waals surface area contributed by atoms with E-state index in [4.69, 9.17) is 4.74 Å². The Hall–Kier alpha value is -1.72. The van der Waals surface area contributed by atoms with Crippen LogP contribution < -0.4 is 10.6 Å². The number of anilines is 1. The molecule has 2 aliphatic heterocycles. The Morgan fingerprint density at radius 3 is 2.68 bits per heavy atom. The van der Waals surface area contributed by atoms with Gasteiger partial charge in [0.05, 0.1) is 19.0 Å². The first-order chi connectivity index (χ1) is 11.9. The predicted molar refractivity (Wildman–Crippen MR) is 85.6 cm³/mol. The summed E-state index contributed by atoms with van der Waals surface area (Å²) in [6.07, 6.45) is -3.70.